The van der Waals surface area contributed by atoms with E-state index in [2.05, 4.69) is 49.2 Å². The standard InChI is InChI=1S/C17H27N3O/c1-12(2)13(3)19-17(21)11-20-9-8-14-6-4-5-7-15(14)16(20)10-18/h4-7,12-13,16H,8-11,18H2,1-3H3,(H,19,21). The first-order chi connectivity index (χ1) is 10.0. The number of carbonyl (C=O) groups excluding carboxylic acids is 1. The summed E-state index contributed by atoms with van der Waals surface area (Å²) in [5, 5.41) is 3.07. The van der Waals surface area contributed by atoms with E-state index in [0.717, 1.165) is 13.0 Å². The Morgan fingerprint density at radius 3 is 2.76 bits per heavy atom. The molecule has 0 radical (unpaired) electrons. The van der Waals surface area contributed by atoms with Crippen LogP contribution in [0.3, 0.4) is 0 Å². The van der Waals surface area contributed by atoms with E-state index in [-0.39, 0.29) is 18.0 Å². The zero-order valence-corrected chi connectivity index (χ0v) is 13.3. The molecule has 4 nitrogen and oxygen atoms in total. The van der Waals surface area contributed by atoms with Crippen molar-refractivity contribution in [3.63, 3.8) is 0 Å². The lowest BCUT2D eigenvalue weighted by atomic mass is 9.92. The Kier molecular flexibility index (Phi) is 5.37. The van der Waals surface area contributed by atoms with Gasteiger partial charge in [-0.25, -0.2) is 0 Å². The van der Waals surface area contributed by atoms with Crippen LogP contribution in [-0.2, 0) is 11.2 Å². The molecule has 1 amide bonds. The molecule has 0 fully saturated rings. The molecule has 0 saturated carbocycles. The van der Waals surface area contributed by atoms with Crippen molar-refractivity contribution in [2.24, 2.45) is 11.7 Å². The maximum absolute atomic E-state index is 12.2. The topological polar surface area (TPSA) is 58.4 Å². The first kappa shape index (κ1) is 16.0. The van der Waals surface area contributed by atoms with Crippen LogP contribution in [0.5, 0.6) is 0 Å². The van der Waals surface area contributed by atoms with E-state index in [0.29, 0.717) is 19.0 Å². The molecule has 0 saturated heterocycles. The van der Waals surface area contributed by atoms with Crippen molar-refractivity contribution < 1.29 is 4.79 Å². The van der Waals surface area contributed by atoms with Gasteiger partial charge in [0, 0.05) is 25.2 Å². The summed E-state index contributed by atoms with van der Waals surface area (Å²) in [6.07, 6.45) is 0.986. The zero-order valence-electron chi connectivity index (χ0n) is 13.3. The van der Waals surface area contributed by atoms with Gasteiger partial charge in [-0.1, -0.05) is 38.1 Å². The Balaban J connectivity index is 2.03. The van der Waals surface area contributed by atoms with Crippen LogP contribution >= 0.6 is 0 Å². The van der Waals surface area contributed by atoms with Crippen molar-refractivity contribution in [3.8, 4) is 0 Å². The molecule has 0 spiro atoms. The van der Waals surface area contributed by atoms with Gasteiger partial charge in [0.15, 0.2) is 0 Å². The largest absolute Gasteiger partial charge is 0.352 e. The van der Waals surface area contributed by atoms with Gasteiger partial charge in [-0.15, -0.1) is 0 Å². The summed E-state index contributed by atoms with van der Waals surface area (Å²) in [4.78, 5) is 14.4. The normalized spacial score (nSPS) is 20.1. The summed E-state index contributed by atoms with van der Waals surface area (Å²) in [6, 6.07) is 8.76. The van der Waals surface area contributed by atoms with Crippen LogP contribution in [0, 0.1) is 5.92 Å². The van der Waals surface area contributed by atoms with Gasteiger partial charge in [-0.05, 0) is 30.4 Å². The number of benzene rings is 1. The molecule has 2 unspecified atom stereocenters. The number of nitrogens with one attached hydrogen (secondary N) is 1. The van der Waals surface area contributed by atoms with Gasteiger partial charge in [-0.2, -0.15) is 0 Å². The second-order valence-electron chi connectivity index (χ2n) is 6.27. The van der Waals surface area contributed by atoms with Crippen molar-refractivity contribution in [2.75, 3.05) is 19.6 Å². The maximum Gasteiger partial charge on any atom is 0.234 e. The van der Waals surface area contributed by atoms with Crippen LogP contribution < -0.4 is 11.1 Å². The minimum absolute atomic E-state index is 0.0917. The smallest absolute Gasteiger partial charge is 0.234 e. The summed E-state index contributed by atoms with van der Waals surface area (Å²) < 4.78 is 0. The summed E-state index contributed by atoms with van der Waals surface area (Å²) in [6.45, 7) is 8.14. The highest BCUT2D eigenvalue weighted by Gasteiger charge is 2.27. The molecule has 0 aromatic heterocycles. The zero-order chi connectivity index (χ0) is 15.4. The fourth-order valence-corrected chi connectivity index (χ4v) is 2.82. The molecule has 1 heterocycles. The number of rotatable bonds is 5. The fraction of sp³-hybridized carbons (Fsp3) is 0.588. The monoisotopic (exact) mass is 289 g/mol. The Hall–Kier alpha value is -1.39. The Bertz CT molecular complexity index is 487. The van der Waals surface area contributed by atoms with E-state index in [1.807, 2.05) is 6.07 Å². The highest BCUT2D eigenvalue weighted by Crippen LogP contribution is 2.28. The molecule has 3 N–H and O–H groups in total. The predicted molar refractivity (Wildman–Crippen MR) is 86.0 cm³/mol. The van der Waals surface area contributed by atoms with E-state index in [9.17, 15) is 4.79 Å². The highest BCUT2D eigenvalue weighted by atomic mass is 16.2. The van der Waals surface area contributed by atoms with E-state index in [4.69, 9.17) is 5.73 Å². The van der Waals surface area contributed by atoms with Crippen LogP contribution in [0.15, 0.2) is 24.3 Å². The molecule has 2 atom stereocenters. The summed E-state index contributed by atoms with van der Waals surface area (Å²) in [5.41, 5.74) is 8.60. The van der Waals surface area contributed by atoms with Gasteiger partial charge >= 0.3 is 0 Å². The minimum atomic E-state index is 0.0917. The lowest BCUT2D eigenvalue weighted by Crippen LogP contribution is -2.47. The van der Waals surface area contributed by atoms with Gasteiger partial charge < -0.3 is 11.1 Å². The molecule has 116 valence electrons. The third kappa shape index (κ3) is 3.83. The van der Waals surface area contributed by atoms with Gasteiger partial charge in [0.25, 0.3) is 0 Å². The Labute approximate surface area is 127 Å². The SMILES string of the molecule is CC(C)C(C)NC(=O)CN1CCc2ccccc2C1CN. The van der Waals surface area contributed by atoms with Gasteiger partial charge in [0.2, 0.25) is 5.91 Å². The van der Waals surface area contributed by atoms with E-state index in [1.165, 1.54) is 11.1 Å². The molecule has 4 heteroatoms. The average Bonchev–Trinajstić information content (AvgIpc) is 2.46. The maximum atomic E-state index is 12.2. The van der Waals surface area contributed by atoms with Crippen molar-refractivity contribution in [1.82, 2.24) is 10.2 Å². The number of nitrogens with zero attached hydrogens (tertiary/aromatic N) is 1. The number of carbonyl (C=O) groups is 1. The second-order valence-corrected chi connectivity index (χ2v) is 6.27. The van der Waals surface area contributed by atoms with Crippen LogP contribution in [0.2, 0.25) is 0 Å². The van der Waals surface area contributed by atoms with E-state index >= 15 is 0 Å². The minimum Gasteiger partial charge on any atom is -0.352 e. The molecule has 1 aliphatic rings. The van der Waals surface area contributed by atoms with E-state index in [1.54, 1.807) is 0 Å². The quantitative estimate of drug-likeness (QED) is 0.867. The van der Waals surface area contributed by atoms with Gasteiger partial charge in [-0.3, -0.25) is 9.69 Å². The fourth-order valence-electron chi connectivity index (χ4n) is 2.82. The Morgan fingerprint density at radius 1 is 1.38 bits per heavy atom. The van der Waals surface area contributed by atoms with Crippen LogP contribution in [0.4, 0.5) is 0 Å². The Morgan fingerprint density at radius 2 is 2.10 bits per heavy atom. The summed E-state index contributed by atoms with van der Waals surface area (Å²) >= 11 is 0. The van der Waals surface area contributed by atoms with Crippen molar-refractivity contribution in [3.05, 3.63) is 35.4 Å². The molecule has 21 heavy (non-hydrogen) atoms. The van der Waals surface area contributed by atoms with Gasteiger partial charge in [0.05, 0.1) is 6.54 Å². The molecule has 0 bridgehead atoms. The lowest BCUT2D eigenvalue weighted by Gasteiger charge is -2.36. The number of hydrogen-bond acceptors (Lipinski definition) is 3. The van der Waals surface area contributed by atoms with Crippen LogP contribution in [0.1, 0.15) is 37.9 Å². The third-order valence-electron chi connectivity index (χ3n) is 4.48. The average molecular weight is 289 g/mol. The number of hydrogen-bond donors (Lipinski definition) is 2. The number of fused-ring (bicyclic) bond motifs is 1. The molecular weight excluding hydrogens is 262 g/mol. The summed E-state index contributed by atoms with van der Waals surface area (Å²) in [5.74, 6) is 0.537. The van der Waals surface area contributed by atoms with E-state index < -0.39 is 0 Å². The highest BCUT2D eigenvalue weighted by molar-refractivity contribution is 5.78. The first-order valence-electron chi connectivity index (χ1n) is 7.84. The van der Waals surface area contributed by atoms with Gasteiger partial charge in [0.1, 0.15) is 0 Å². The predicted octanol–water partition coefficient (Wildman–Crippen LogP) is 1.71. The van der Waals surface area contributed by atoms with Crippen LogP contribution in [0.25, 0.3) is 0 Å². The molecule has 0 aliphatic carbocycles. The first-order valence-corrected chi connectivity index (χ1v) is 7.84. The number of amides is 1. The van der Waals surface area contributed by atoms with Crippen molar-refractivity contribution >= 4 is 5.91 Å². The molecular formula is C17H27N3O. The summed E-state index contributed by atoms with van der Waals surface area (Å²) in [7, 11) is 0. The van der Waals surface area contributed by atoms with Crippen LogP contribution in [-0.4, -0.2) is 36.5 Å². The lowest BCUT2D eigenvalue weighted by molar-refractivity contribution is -0.123. The van der Waals surface area contributed by atoms with Crippen molar-refractivity contribution in [2.45, 2.75) is 39.3 Å². The molecule has 1 aromatic rings. The third-order valence-corrected chi connectivity index (χ3v) is 4.48. The second kappa shape index (κ2) is 7.05. The molecule has 1 aliphatic heterocycles. The number of nitrogens with two attached hydrogens (primary N) is 1. The molecule has 2 rings (SSSR count). The molecule has 1 aromatic carbocycles. The van der Waals surface area contributed by atoms with Crippen molar-refractivity contribution in [1.29, 1.82) is 0 Å².